The fourth-order valence-electron chi connectivity index (χ4n) is 1.25. The predicted molar refractivity (Wildman–Crippen MR) is 64.5 cm³/mol. The van der Waals surface area contributed by atoms with Gasteiger partial charge in [0.25, 0.3) is 5.91 Å². The topological polar surface area (TPSA) is 92.2 Å². The molecule has 1 amide bonds. The molecule has 0 saturated heterocycles. The number of carboxylic acids is 1. The fraction of sp³-hybridized carbons (Fsp3) is 0.0909. The molecule has 0 bridgehead atoms. The molecule has 0 aromatic carbocycles. The molecule has 0 saturated carbocycles. The number of nitrogens with one attached hydrogen (secondary N) is 1. The molecule has 2 heterocycles. The molecule has 0 aliphatic heterocycles. The lowest BCUT2D eigenvalue weighted by molar-refractivity contribution is 0.0689. The Hall–Kier alpha value is -2.28. The summed E-state index contributed by atoms with van der Waals surface area (Å²) in [4.78, 5) is 30.8. The van der Waals surface area contributed by atoms with Crippen LogP contribution in [0.25, 0.3) is 0 Å². The summed E-state index contributed by atoms with van der Waals surface area (Å²) in [6.45, 7) is 0.393. The number of thiazole rings is 1. The molecule has 0 radical (unpaired) electrons. The Morgan fingerprint density at radius 3 is 2.72 bits per heavy atom. The highest BCUT2D eigenvalue weighted by molar-refractivity contribution is 7.09. The van der Waals surface area contributed by atoms with Crippen LogP contribution in [0, 0.1) is 0 Å². The molecule has 6 nitrogen and oxygen atoms in total. The number of carbonyl (C=O) groups excluding carboxylic acids is 1. The highest BCUT2D eigenvalue weighted by atomic mass is 32.1. The first-order valence-corrected chi connectivity index (χ1v) is 5.89. The van der Waals surface area contributed by atoms with Crippen LogP contribution in [0.4, 0.5) is 0 Å². The molecule has 2 aromatic rings. The number of carboxylic acid groups (broad SMARTS) is 1. The molecule has 2 N–H and O–H groups in total. The number of hydrogen-bond acceptors (Lipinski definition) is 5. The van der Waals surface area contributed by atoms with Gasteiger partial charge in [-0.2, -0.15) is 0 Å². The van der Waals surface area contributed by atoms with E-state index in [0.717, 1.165) is 4.88 Å². The average molecular weight is 263 g/mol. The Balaban J connectivity index is 1.98. The number of nitrogens with zero attached hydrogens (tertiary/aromatic N) is 2. The Bertz CT molecular complexity index is 551. The van der Waals surface area contributed by atoms with E-state index in [1.165, 1.54) is 29.7 Å². The number of carbonyl (C=O) groups is 2. The number of aromatic carboxylic acids is 1. The molecule has 7 heteroatoms. The number of rotatable bonds is 4. The van der Waals surface area contributed by atoms with Gasteiger partial charge in [-0.05, 0) is 12.1 Å². The molecule has 0 atom stereocenters. The summed E-state index contributed by atoms with van der Waals surface area (Å²) in [6.07, 6.45) is 2.92. The van der Waals surface area contributed by atoms with Crippen LogP contribution in [0.5, 0.6) is 0 Å². The van der Waals surface area contributed by atoms with E-state index in [2.05, 4.69) is 15.3 Å². The van der Waals surface area contributed by atoms with Gasteiger partial charge in [-0.15, -0.1) is 11.3 Å². The SMILES string of the molecule is O=C(NCc1cncs1)c1ccc(C(=O)O)nc1. The van der Waals surface area contributed by atoms with Crippen molar-refractivity contribution < 1.29 is 14.7 Å². The van der Waals surface area contributed by atoms with E-state index in [9.17, 15) is 9.59 Å². The first kappa shape index (κ1) is 12.2. The Kier molecular flexibility index (Phi) is 3.63. The minimum absolute atomic E-state index is 0.0889. The molecule has 2 aromatic heterocycles. The van der Waals surface area contributed by atoms with Crippen LogP contribution in [0.2, 0.25) is 0 Å². The number of hydrogen-bond donors (Lipinski definition) is 2. The molecule has 18 heavy (non-hydrogen) atoms. The van der Waals surface area contributed by atoms with E-state index >= 15 is 0 Å². The second-order valence-corrected chi connectivity index (χ2v) is 4.36. The standard InChI is InChI=1S/C11H9N3O3S/c15-10(14-5-8-4-12-6-18-8)7-1-2-9(11(16)17)13-3-7/h1-4,6H,5H2,(H,14,15)(H,16,17). The van der Waals surface area contributed by atoms with E-state index < -0.39 is 5.97 Å². The molecule has 2 rings (SSSR count). The third-order valence-electron chi connectivity index (χ3n) is 2.15. The third kappa shape index (κ3) is 2.89. The Labute approximate surface area is 106 Å². The van der Waals surface area contributed by atoms with Gasteiger partial charge in [0.05, 0.1) is 17.6 Å². The molecule has 0 spiro atoms. The second kappa shape index (κ2) is 5.37. The second-order valence-electron chi connectivity index (χ2n) is 3.39. The van der Waals surface area contributed by atoms with Gasteiger partial charge in [0.15, 0.2) is 0 Å². The quantitative estimate of drug-likeness (QED) is 0.863. The molecule has 0 unspecified atom stereocenters. The van der Waals surface area contributed by atoms with Gasteiger partial charge in [0.2, 0.25) is 0 Å². The van der Waals surface area contributed by atoms with Gasteiger partial charge in [0, 0.05) is 17.3 Å². The summed E-state index contributed by atoms with van der Waals surface area (Å²) in [7, 11) is 0. The van der Waals surface area contributed by atoms with E-state index in [4.69, 9.17) is 5.11 Å². The van der Waals surface area contributed by atoms with Crippen molar-refractivity contribution in [2.24, 2.45) is 0 Å². The van der Waals surface area contributed by atoms with Crippen LogP contribution < -0.4 is 5.32 Å². The van der Waals surface area contributed by atoms with Crippen molar-refractivity contribution in [3.8, 4) is 0 Å². The highest BCUT2D eigenvalue weighted by Gasteiger charge is 2.09. The summed E-state index contributed by atoms with van der Waals surface area (Å²) in [5, 5.41) is 11.4. The number of aromatic nitrogens is 2. The lowest BCUT2D eigenvalue weighted by Gasteiger charge is -2.03. The number of amides is 1. The Morgan fingerprint density at radius 2 is 2.17 bits per heavy atom. The molecule has 0 aliphatic rings. The maximum Gasteiger partial charge on any atom is 0.354 e. The molecule has 0 aliphatic carbocycles. The van der Waals surface area contributed by atoms with Gasteiger partial charge in [-0.3, -0.25) is 9.78 Å². The van der Waals surface area contributed by atoms with Gasteiger partial charge >= 0.3 is 5.97 Å². The zero-order valence-corrected chi connectivity index (χ0v) is 9.98. The van der Waals surface area contributed by atoms with E-state index in [1.54, 1.807) is 11.7 Å². The van der Waals surface area contributed by atoms with Crippen molar-refractivity contribution >= 4 is 23.2 Å². The first-order chi connectivity index (χ1) is 8.66. The fourth-order valence-corrected chi connectivity index (χ4v) is 1.79. The third-order valence-corrected chi connectivity index (χ3v) is 2.93. The monoisotopic (exact) mass is 263 g/mol. The summed E-state index contributed by atoms with van der Waals surface area (Å²) in [5.74, 6) is -1.42. The number of pyridine rings is 1. The zero-order chi connectivity index (χ0) is 13.0. The smallest absolute Gasteiger partial charge is 0.354 e. The van der Waals surface area contributed by atoms with E-state index in [-0.39, 0.29) is 11.6 Å². The predicted octanol–water partition coefficient (Wildman–Crippen LogP) is 1.17. The largest absolute Gasteiger partial charge is 0.477 e. The van der Waals surface area contributed by atoms with Crippen LogP contribution in [0.15, 0.2) is 30.0 Å². The molecular weight excluding hydrogens is 254 g/mol. The van der Waals surface area contributed by atoms with Crippen molar-refractivity contribution in [2.45, 2.75) is 6.54 Å². The van der Waals surface area contributed by atoms with Crippen LogP contribution in [0.3, 0.4) is 0 Å². The van der Waals surface area contributed by atoms with Crippen molar-refractivity contribution in [2.75, 3.05) is 0 Å². The first-order valence-electron chi connectivity index (χ1n) is 5.02. The van der Waals surface area contributed by atoms with Crippen molar-refractivity contribution in [1.29, 1.82) is 0 Å². The van der Waals surface area contributed by atoms with E-state index in [1.807, 2.05) is 0 Å². The van der Waals surface area contributed by atoms with Gasteiger partial charge in [0.1, 0.15) is 5.69 Å². The maximum atomic E-state index is 11.7. The summed E-state index contributed by atoms with van der Waals surface area (Å²) in [5.41, 5.74) is 1.92. The van der Waals surface area contributed by atoms with E-state index in [0.29, 0.717) is 12.1 Å². The minimum Gasteiger partial charge on any atom is -0.477 e. The van der Waals surface area contributed by atoms with Gasteiger partial charge in [-0.1, -0.05) is 0 Å². The van der Waals surface area contributed by atoms with Crippen LogP contribution in [-0.2, 0) is 6.54 Å². The Morgan fingerprint density at radius 1 is 1.33 bits per heavy atom. The van der Waals surface area contributed by atoms with Gasteiger partial charge < -0.3 is 10.4 Å². The average Bonchev–Trinajstić information content (AvgIpc) is 2.89. The molecular formula is C11H9N3O3S. The lowest BCUT2D eigenvalue weighted by atomic mass is 10.2. The lowest BCUT2D eigenvalue weighted by Crippen LogP contribution is -2.22. The maximum absolute atomic E-state index is 11.7. The normalized spacial score (nSPS) is 10.0. The summed E-state index contributed by atoms with van der Waals surface area (Å²) in [6, 6.07) is 2.72. The summed E-state index contributed by atoms with van der Waals surface area (Å²) < 4.78 is 0. The van der Waals surface area contributed by atoms with Crippen LogP contribution in [0.1, 0.15) is 25.7 Å². The van der Waals surface area contributed by atoms with Crippen molar-refractivity contribution in [3.63, 3.8) is 0 Å². The highest BCUT2D eigenvalue weighted by Crippen LogP contribution is 2.05. The minimum atomic E-state index is -1.12. The van der Waals surface area contributed by atoms with Gasteiger partial charge in [-0.25, -0.2) is 9.78 Å². The summed E-state index contributed by atoms with van der Waals surface area (Å²) >= 11 is 1.45. The van der Waals surface area contributed by atoms with Crippen molar-refractivity contribution in [1.82, 2.24) is 15.3 Å². The zero-order valence-electron chi connectivity index (χ0n) is 9.16. The molecule has 0 fully saturated rings. The van der Waals surface area contributed by atoms with Crippen molar-refractivity contribution in [3.05, 3.63) is 46.2 Å². The van der Waals surface area contributed by atoms with Crippen LogP contribution in [-0.4, -0.2) is 27.0 Å². The molecule has 92 valence electrons. The van der Waals surface area contributed by atoms with Crippen LogP contribution >= 0.6 is 11.3 Å².